The average Bonchev–Trinajstić information content (AvgIpc) is 2.34. The van der Waals surface area contributed by atoms with Crippen LogP contribution < -0.4 is 5.32 Å². The van der Waals surface area contributed by atoms with Crippen molar-refractivity contribution in [1.29, 1.82) is 0 Å². The van der Waals surface area contributed by atoms with Gasteiger partial charge >= 0.3 is 12.0 Å². The number of likely N-dealkylation sites (N-methyl/N-ethyl adjacent to an activating group) is 1. The lowest BCUT2D eigenvalue weighted by Crippen LogP contribution is -2.55. The van der Waals surface area contributed by atoms with E-state index in [1.54, 1.807) is 27.8 Å². The van der Waals surface area contributed by atoms with Crippen molar-refractivity contribution in [3.05, 3.63) is 0 Å². The number of carboxylic acid groups (broad SMARTS) is 1. The van der Waals surface area contributed by atoms with Crippen LogP contribution in [-0.4, -0.2) is 65.6 Å². The molecule has 122 valence electrons. The quantitative estimate of drug-likeness (QED) is 0.709. The van der Waals surface area contributed by atoms with E-state index in [4.69, 9.17) is 4.74 Å². The molecule has 0 aliphatic carbocycles. The van der Waals surface area contributed by atoms with Crippen molar-refractivity contribution >= 4 is 12.0 Å². The van der Waals surface area contributed by atoms with Crippen molar-refractivity contribution in [2.45, 2.75) is 45.3 Å². The van der Waals surface area contributed by atoms with Crippen LogP contribution in [0.3, 0.4) is 0 Å². The fourth-order valence-electron chi connectivity index (χ4n) is 2.31. The van der Waals surface area contributed by atoms with Crippen molar-refractivity contribution in [1.82, 2.24) is 10.2 Å². The predicted molar refractivity (Wildman–Crippen MR) is 77.0 cm³/mol. The van der Waals surface area contributed by atoms with Crippen LogP contribution in [0.4, 0.5) is 4.79 Å². The van der Waals surface area contributed by atoms with Crippen molar-refractivity contribution in [2.24, 2.45) is 5.41 Å². The Hall–Kier alpha value is -1.34. The summed E-state index contributed by atoms with van der Waals surface area (Å²) < 4.78 is 5.19. The van der Waals surface area contributed by atoms with Crippen LogP contribution in [0.2, 0.25) is 0 Å². The molecule has 1 saturated heterocycles. The third kappa shape index (κ3) is 5.17. The van der Waals surface area contributed by atoms with Crippen LogP contribution in [0.25, 0.3) is 0 Å². The van der Waals surface area contributed by atoms with E-state index >= 15 is 0 Å². The standard InChI is InChI=1S/C14H26N2O5/c1-13(2,3)10(11(17)18)15-12(19)16(4)9-14(20)5-7-21-8-6-14/h10,20H,5-9H2,1-4H3,(H,15,19)(H,17,18)/t10-/m0/s1. The Kier molecular flexibility index (Phi) is 5.58. The predicted octanol–water partition coefficient (Wildman–Crippen LogP) is 0.669. The highest BCUT2D eigenvalue weighted by molar-refractivity contribution is 5.83. The first-order valence-corrected chi connectivity index (χ1v) is 7.10. The molecular weight excluding hydrogens is 276 g/mol. The summed E-state index contributed by atoms with van der Waals surface area (Å²) in [5, 5.41) is 22.1. The van der Waals surface area contributed by atoms with Gasteiger partial charge < -0.3 is 25.2 Å². The molecule has 0 saturated carbocycles. The minimum absolute atomic E-state index is 0.151. The zero-order chi connectivity index (χ0) is 16.3. The number of nitrogens with zero attached hydrogens (tertiary/aromatic N) is 1. The average molecular weight is 302 g/mol. The minimum atomic E-state index is -1.07. The van der Waals surface area contributed by atoms with Crippen LogP contribution in [0, 0.1) is 5.41 Å². The lowest BCUT2D eigenvalue weighted by molar-refractivity contribution is -0.142. The van der Waals surface area contributed by atoms with Gasteiger partial charge in [-0.2, -0.15) is 0 Å². The van der Waals surface area contributed by atoms with E-state index in [1.807, 2.05) is 0 Å². The lowest BCUT2D eigenvalue weighted by atomic mass is 9.87. The number of carboxylic acids is 1. The SMILES string of the molecule is CN(CC1(O)CCOCC1)C(=O)N[C@@H](C(=O)O)C(C)(C)C. The number of urea groups is 1. The van der Waals surface area contributed by atoms with E-state index in [2.05, 4.69) is 5.32 Å². The Bertz CT molecular complexity index is 385. The smallest absolute Gasteiger partial charge is 0.326 e. The van der Waals surface area contributed by atoms with Crippen molar-refractivity contribution in [2.75, 3.05) is 26.8 Å². The first kappa shape index (κ1) is 17.7. The molecule has 1 rings (SSSR count). The summed E-state index contributed by atoms with van der Waals surface area (Å²) in [5.74, 6) is -1.07. The Balaban J connectivity index is 2.63. The van der Waals surface area contributed by atoms with Gasteiger partial charge in [0.05, 0.1) is 12.1 Å². The van der Waals surface area contributed by atoms with Gasteiger partial charge in [-0.25, -0.2) is 9.59 Å². The van der Waals surface area contributed by atoms with Crippen LogP contribution >= 0.6 is 0 Å². The van der Waals surface area contributed by atoms with Crippen molar-refractivity contribution < 1.29 is 24.5 Å². The molecule has 1 fully saturated rings. The maximum atomic E-state index is 12.1. The highest BCUT2D eigenvalue weighted by Gasteiger charge is 2.36. The van der Waals surface area contributed by atoms with Crippen LogP contribution in [-0.2, 0) is 9.53 Å². The number of aliphatic carboxylic acids is 1. The zero-order valence-corrected chi connectivity index (χ0v) is 13.2. The molecule has 0 radical (unpaired) electrons. The van der Waals surface area contributed by atoms with E-state index in [-0.39, 0.29) is 6.54 Å². The Morgan fingerprint density at radius 3 is 2.29 bits per heavy atom. The van der Waals surface area contributed by atoms with Crippen LogP contribution in [0.15, 0.2) is 0 Å². The number of carbonyl (C=O) groups excluding carboxylic acids is 1. The normalized spacial score (nSPS) is 19.7. The molecule has 0 aromatic heterocycles. The van der Waals surface area contributed by atoms with Crippen LogP contribution in [0.5, 0.6) is 0 Å². The molecule has 0 spiro atoms. The fraction of sp³-hybridized carbons (Fsp3) is 0.857. The summed E-state index contributed by atoms with van der Waals surface area (Å²) in [5.41, 5.74) is -1.57. The largest absolute Gasteiger partial charge is 0.480 e. The van der Waals surface area contributed by atoms with Gasteiger partial charge in [0.25, 0.3) is 0 Å². The molecule has 0 bridgehead atoms. The Morgan fingerprint density at radius 2 is 1.86 bits per heavy atom. The number of amides is 2. The number of ether oxygens (including phenoxy) is 1. The van der Waals surface area contributed by atoms with E-state index < -0.39 is 29.1 Å². The molecule has 7 heteroatoms. The molecule has 0 aromatic rings. The second-order valence-corrected chi connectivity index (χ2v) is 6.78. The number of rotatable bonds is 4. The summed E-state index contributed by atoms with van der Waals surface area (Å²) in [6.07, 6.45) is 0.929. The summed E-state index contributed by atoms with van der Waals surface area (Å²) >= 11 is 0. The Labute approximate surface area is 125 Å². The summed E-state index contributed by atoms with van der Waals surface area (Å²) in [4.78, 5) is 24.7. The van der Waals surface area contributed by atoms with Gasteiger partial charge in [0, 0.05) is 33.1 Å². The molecule has 1 atom stereocenters. The molecule has 7 nitrogen and oxygen atoms in total. The molecular formula is C14H26N2O5. The van der Waals surface area contributed by atoms with Gasteiger partial charge in [-0.15, -0.1) is 0 Å². The summed E-state index contributed by atoms with van der Waals surface area (Å²) in [6.45, 7) is 6.32. The van der Waals surface area contributed by atoms with Gasteiger partial charge in [-0.1, -0.05) is 20.8 Å². The van der Waals surface area contributed by atoms with Gasteiger partial charge in [0.1, 0.15) is 6.04 Å². The number of hydrogen-bond donors (Lipinski definition) is 3. The van der Waals surface area contributed by atoms with E-state index in [0.717, 1.165) is 0 Å². The summed E-state index contributed by atoms with van der Waals surface area (Å²) in [6, 6.07) is -1.49. The third-order valence-electron chi connectivity index (χ3n) is 3.68. The zero-order valence-electron chi connectivity index (χ0n) is 13.2. The molecule has 21 heavy (non-hydrogen) atoms. The van der Waals surface area contributed by atoms with Crippen molar-refractivity contribution in [3.63, 3.8) is 0 Å². The van der Waals surface area contributed by atoms with Gasteiger partial charge in [-0.3, -0.25) is 0 Å². The van der Waals surface area contributed by atoms with E-state index in [0.29, 0.717) is 26.1 Å². The molecule has 0 unspecified atom stereocenters. The third-order valence-corrected chi connectivity index (χ3v) is 3.68. The fourth-order valence-corrected chi connectivity index (χ4v) is 2.31. The topological polar surface area (TPSA) is 99.1 Å². The van der Waals surface area contributed by atoms with Crippen LogP contribution in [0.1, 0.15) is 33.6 Å². The first-order valence-electron chi connectivity index (χ1n) is 7.10. The van der Waals surface area contributed by atoms with Gasteiger partial charge in [0.15, 0.2) is 0 Å². The Morgan fingerprint density at radius 1 is 1.33 bits per heavy atom. The van der Waals surface area contributed by atoms with Gasteiger partial charge in [0.2, 0.25) is 0 Å². The van der Waals surface area contributed by atoms with Crippen molar-refractivity contribution in [3.8, 4) is 0 Å². The number of nitrogens with one attached hydrogen (secondary N) is 1. The minimum Gasteiger partial charge on any atom is -0.480 e. The monoisotopic (exact) mass is 302 g/mol. The maximum absolute atomic E-state index is 12.1. The lowest BCUT2D eigenvalue weighted by Gasteiger charge is -2.36. The first-order chi connectivity index (χ1) is 9.55. The molecule has 1 heterocycles. The van der Waals surface area contributed by atoms with E-state index in [9.17, 15) is 19.8 Å². The molecule has 2 amide bonds. The molecule has 1 aliphatic rings. The second kappa shape index (κ2) is 6.62. The second-order valence-electron chi connectivity index (χ2n) is 6.78. The van der Waals surface area contributed by atoms with E-state index in [1.165, 1.54) is 4.90 Å². The molecule has 1 aliphatic heterocycles. The van der Waals surface area contributed by atoms with Gasteiger partial charge in [-0.05, 0) is 5.41 Å². The highest BCUT2D eigenvalue weighted by Crippen LogP contribution is 2.22. The number of carbonyl (C=O) groups is 2. The summed E-state index contributed by atoms with van der Waals surface area (Å²) in [7, 11) is 1.55. The molecule has 3 N–H and O–H groups in total. The number of aliphatic hydroxyl groups is 1. The number of hydrogen-bond acceptors (Lipinski definition) is 4. The highest BCUT2D eigenvalue weighted by atomic mass is 16.5. The maximum Gasteiger partial charge on any atom is 0.326 e. The molecule has 0 aromatic carbocycles.